The van der Waals surface area contributed by atoms with Crippen molar-refractivity contribution in [1.82, 2.24) is 25.4 Å². The lowest BCUT2D eigenvalue weighted by Gasteiger charge is -2.25. The van der Waals surface area contributed by atoms with Gasteiger partial charge in [-0.25, -0.2) is 4.99 Å². The molecule has 0 aliphatic carbocycles. The van der Waals surface area contributed by atoms with Crippen LogP contribution in [0.2, 0.25) is 0 Å². The molecule has 25 heavy (non-hydrogen) atoms. The Bertz CT molecular complexity index is 666. The van der Waals surface area contributed by atoms with E-state index < -0.39 is 0 Å². The predicted molar refractivity (Wildman–Crippen MR) is 110 cm³/mol. The number of ether oxygens (including phenoxy) is 1. The van der Waals surface area contributed by atoms with Crippen LogP contribution in [-0.2, 0) is 24.9 Å². The maximum atomic E-state index is 5.43. The highest BCUT2D eigenvalue weighted by Crippen LogP contribution is 2.09. The van der Waals surface area contributed by atoms with Gasteiger partial charge in [0.25, 0.3) is 0 Å². The number of rotatable bonds is 5. The highest BCUT2D eigenvalue weighted by Gasteiger charge is 2.15. The molecule has 138 valence electrons. The van der Waals surface area contributed by atoms with E-state index in [2.05, 4.69) is 38.3 Å². The van der Waals surface area contributed by atoms with Crippen LogP contribution in [0.25, 0.3) is 0 Å². The average Bonchev–Trinajstić information content (AvgIpc) is 3.23. The number of hydrogen-bond acceptors (Lipinski definition) is 5. The lowest BCUT2D eigenvalue weighted by Crippen LogP contribution is -2.45. The Morgan fingerprint density at radius 1 is 1.40 bits per heavy atom. The van der Waals surface area contributed by atoms with Crippen molar-refractivity contribution >= 4 is 41.3 Å². The highest BCUT2D eigenvalue weighted by atomic mass is 127. The van der Waals surface area contributed by atoms with Crippen LogP contribution in [0.5, 0.6) is 0 Å². The van der Waals surface area contributed by atoms with Gasteiger partial charge in [0.1, 0.15) is 12.4 Å². The van der Waals surface area contributed by atoms with Crippen molar-refractivity contribution in [3.63, 3.8) is 0 Å². The van der Waals surface area contributed by atoms with E-state index in [1.165, 1.54) is 4.88 Å². The number of guanidine groups is 1. The summed E-state index contributed by atoms with van der Waals surface area (Å²) in [6.07, 6.45) is 2.01. The maximum absolute atomic E-state index is 5.43. The van der Waals surface area contributed by atoms with Gasteiger partial charge < -0.3 is 19.9 Å². The molecular formula is C16H25IN6OS. The Morgan fingerprint density at radius 3 is 2.84 bits per heavy atom. The zero-order valence-corrected chi connectivity index (χ0v) is 17.7. The van der Waals surface area contributed by atoms with Gasteiger partial charge in [-0.1, -0.05) is 6.07 Å². The summed E-state index contributed by atoms with van der Waals surface area (Å²) in [4.78, 5) is 5.98. The van der Waals surface area contributed by atoms with Crippen LogP contribution in [0.15, 0.2) is 22.5 Å². The second-order valence-electron chi connectivity index (χ2n) is 5.85. The number of nitrogens with zero attached hydrogens (tertiary/aromatic N) is 4. The molecule has 1 fully saturated rings. The third-order valence-corrected chi connectivity index (χ3v) is 5.01. The summed E-state index contributed by atoms with van der Waals surface area (Å²) in [7, 11) is 1.96. The number of nitrogens with one attached hydrogen (secondary N) is 2. The van der Waals surface area contributed by atoms with Crippen molar-refractivity contribution in [3.8, 4) is 0 Å². The van der Waals surface area contributed by atoms with Crippen LogP contribution in [0.4, 0.5) is 0 Å². The van der Waals surface area contributed by atoms with E-state index >= 15 is 0 Å². The summed E-state index contributed by atoms with van der Waals surface area (Å²) in [6, 6.07) is 4.58. The minimum atomic E-state index is 0. The molecule has 0 spiro atoms. The summed E-state index contributed by atoms with van der Waals surface area (Å²) < 4.78 is 7.39. The van der Waals surface area contributed by atoms with E-state index in [0.717, 1.165) is 50.2 Å². The van der Waals surface area contributed by atoms with E-state index in [9.17, 15) is 0 Å². The standard InChI is InChI=1S/C16H24N6OS.HI/c1-12-20-21-15(22(12)2)11-18-16(17-10-14-4-3-9-24-14)19-13-5-7-23-8-6-13;/h3-4,9,13H,5-8,10-11H2,1-2H3,(H2,17,18,19);1H. The summed E-state index contributed by atoms with van der Waals surface area (Å²) in [6.45, 7) is 4.82. The molecule has 0 bridgehead atoms. The molecule has 1 aliphatic rings. The minimum absolute atomic E-state index is 0. The van der Waals surface area contributed by atoms with Crippen molar-refractivity contribution in [1.29, 1.82) is 0 Å². The molecule has 0 amide bonds. The molecule has 7 nitrogen and oxygen atoms in total. The summed E-state index contributed by atoms with van der Waals surface area (Å²) in [5.41, 5.74) is 0. The van der Waals surface area contributed by atoms with Gasteiger partial charge in [0.05, 0.1) is 6.54 Å². The van der Waals surface area contributed by atoms with Gasteiger partial charge in [-0.3, -0.25) is 0 Å². The van der Waals surface area contributed by atoms with E-state index in [1.54, 1.807) is 11.3 Å². The van der Waals surface area contributed by atoms with Crippen molar-refractivity contribution in [3.05, 3.63) is 34.0 Å². The van der Waals surface area contributed by atoms with Crippen molar-refractivity contribution < 1.29 is 4.74 Å². The van der Waals surface area contributed by atoms with Crippen LogP contribution in [0, 0.1) is 6.92 Å². The first kappa shape index (κ1) is 20.1. The molecule has 2 N–H and O–H groups in total. The molecule has 2 aromatic rings. The normalized spacial score (nSPS) is 15.7. The first-order chi connectivity index (χ1) is 11.7. The Labute approximate surface area is 169 Å². The van der Waals surface area contributed by atoms with Crippen LogP contribution in [0.3, 0.4) is 0 Å². The molecule has 9 heteroatoms. The Hall–Kier alpha value is -1.20. The number of aromatic nitrogens is 3. The van der Waals surface area contributed by atoms with Crippen LogP contribution in [0.1, 0.15) is 29.4 Å². The minimum Gasteiger partial charge on any atom is -0.381 e. The predicted octanol–water partition coefficient (Wildman–Crippen LogP) is 2.22. The third-order valence-electron chi connectivity index (χ3n) is 4.13. The fraction of sp³-hybridized carbons (Fsp3) is 0.562. The molecule has 3 heterocycles. The molecule has 0 aromatic carbocycles. The number of thiophene rings is 1. The highest BCUT2D eigenvalue weighted by molar-refractivity contribution is 14.0. The second-order valence-corrected chi connectivity index (χ2v) is 6.88. The number of aliphatic imine (C=N–C) groups is 1. The molecule has 1 aliphatic heterocycles. The zero-order valence-electron chi connectivity index (χ0n) is 14.6. The number of hydrogen-bond donors (Lipinski definition) is 2. The molecule has 1 saturated heterocycles. The SMILES string of the molecule is Cc1nnc(CN=C(NCc2cccs2)NC2CCOCC2)n1C.I. The van der Waals surface area contributed by atoms with Gasteiger partial charge in [-0.15, -0.1) is 45.5 Å². The van der Waals surface area contributed by atoms with Gasteiger partial charge in [0, 0.05) is 31.2 Å². The van der Waals surface area contributed by atoms with Crippen molar-refractivity contribution in [2.75, 3.05) is 13.2 Å². The first-order valence-corrected chi connectivity index (χ1v) is 9.10. The van der Waals surface area contributed by atoms with E-state index in [4.69, 9.17) is 9.73 Å². The topological polar surface area (TPSA) is 76.4 Å². The quantitative estimate of drug-likeness (QED) is 0.393. The van der Waals surface area contributed by atoms with Crippen molar-refractivity contribution in [2.24, 2.45) is 12.0 Å². The molecular weight excluding hydrogens is 451 g/mol. The Balaban J connectivity index is 0.00000225. The van der Waals surface area contributed by atoms with E-state index in [1.807, 2.05) is 18.5 Å². The molecule has 0 unspecified atom stereocenters. The first-order valence-electron chi connectivity index (χ1n) is 8.22. The molecule has 3 rings (SSSR count). The van der Waals surface area contributed by atoms with Crippen LogP contribution < -0.4 is 10.6 Å². The lowest BCUT2D eigenvalue weighted by molar-refractivity contribution is 0.0822. The average molecular weight is 476 g/mol. The fourth-order valence-electron chi connectivity index (χ4n) is 2.51. The van der Waals surface area contributed by atoms with Gasteiger partial charge in [-0.05, 0) is 31.2 Å². The van der Waals surface area contributed by atoms with Gasteiger partial charge >= 0.3 is 0 Å². The number of aryl methyl sites for hydroxylation is 1. The van der Waals surface area contributed by atoms with Gasteiger partial charge in [0.2, 0.25) is 0 Å². The Morgan fingerprint density at radius 2 is 2.20 bits per heavy atom. The summed E-state index contributed by atoms with van der Waals surface area (Å²) >= 11 is 1.74. The fourth-order valence-corrected chi connectivity index (χ4v) is 3.15. The van der Waals surface area contributed by atoms with Crippen molar-refractivity contribution in [2.45, 2.75) is 38.9 Å². The smallest absolute Gasteiger partial charge is 0.192 e. The van der Waals surface area contributed by atoms with Gasteiger partial charge in [0.15, 0.2) is 11.8 Å². The van der Waals surface area contributed by atoms with E-state index in [-0.39, 0.29) is 24.0 Å². The second kappa shape index (κ2) is 10.1. The lowest BCUT2D eigenvalue weighted by atomic mass is 10.1. The molecule has 2 aromatic heterocycles. The molecule has 0 atom stereocenters. The summed E-state index contributed by atoms with van der Waals surface area (Å²) in [5, 5.41) is 17.3. The molecule has 0 saturated carbocycles. The van der Waals surface area contributed by atoms with Crippen LogP contribution >= 0.6 is 35.3 Å². The Kier molecular flexibility index (Phi) is 8.10. The number of halogens is 1. The monoisotopic (exact) mass is 476 g/mol. The summed E-state index contributed by atoms with van der Waals surface area (Å²) in [5.74, 6) is 2.57. The van der Waals surface area contributed by atoms with Crippen LogP contribution in [-0.4, -0.2) is 40.0 Å². The van der Waals surface area contributed by atoms with E-state index in [0.29, 0.717) is 12.6 Å². The molecule has 0 radical (unpaired) electrons. The third kappa shape index (κ3) is 5.93. The maximum Gasteiger partial charge on any atom is 0.192 e. The zero-order chi connectivity index (χ0) is 16.8. The van der Waals surface area contributed by atoms with Gasteiger partial charge in [-0.2, -0.15) is 0 Å². The largest absolute Gasteiger partial charge is 0.381 e.